The molecule has 3 fully saturated rings. The van der Waals surface area contributed by atoms with E-state index in [4.69, 9.17) is 19.4 Å². The number of carbonyl (C=O) groups excluding carboxylic acids is 1. The van der Waals surface area contributed by atoms with E-state index >= 15 is 0 Å². The van der Waals surface area contributed by atoms with Crippen molar-refractivity contribution in [3.8, 4) is 11.5 Å². The van der Waals surface area contributed by atoms with Gasteiger partial charge in [0.05, 0.1) is 14.2 Å². The minimum atomic E-state index is -5.08. The maximum Gasteiger partial charge on any atom is 0.490 e. The number of nitrogens with zero attached hydrogens (tertiary/aromatic N) is 1. The summed E-state index contributed by atoms with van der Waals surface area (Å²) < 4.78 is 69.5. The lowest BCUT2D eigenvalue weighted by atomic mass is 9.65. The van der Waals surface area contributed by atoms with Gasteiger partial charge in [-0.3, -0.25) is 4.90 Å². The number of urea groups is 1. The zero-order valence-corrected chi connectivity index (χ0v) is 23.3. The van der Waals surface area contributed by atoms with Gasteiger partial charge in [-0.15, -0.1) is 0 Å². The van der Waals surface area contributed by atoms with E-state index in [2.05, 4.69) is 27.7 Å². The molecule has 1 aliphatic heterocycles. The van der Waals surface area contributed by atoms with E-state index in [1.165, 1.54) is 24.5 Å². The Balaban J connectivity index is 0.000000517. The van der Waals surface area contributed by atoms with Crippen molar-refractivity contribution in [1.29, 1.82) is 0 Å². The van der Waals surface area contributed by atoms with E-state index in [0.29, 0.717) is 6.04 Å². The molecule has 0 spiro atoms. The smallest absolute Gasteiger partial charge is 0.490 e. The lowest BCUT2D eigenvalue weighted by Gasteiger charge is -2.45. The molecule has 1 saturated heterocycles. The Labute approximate surface area is 240 Å². The number of methoxy groups -OCH3 is 2. The van der Waals surface area contributed by atoms with Gasteiger partial charge in [-0.2, -0.15) is 13.2 Å². The first kappa shape index (κ1) is 31.3. The quantitative estimate of drug-likeness (QED) is 0.353. The fourth-order valence-corrected chi connectivity index (χ4v) is 6.04. The molecule has 8 nitrogen and oxygen atoms in total. The molecule has 1 heterocycles. The molecule has 2 aromatic rings. The number of aliphatic carboxylic acids is 1. The molecule has 2 aromatic carbocycles. The number of rotatable bonds is 7. The Morgan fingerprint density at radius 2 is 1.69 bits per heavy atom. The van der Waals surface area contributed by atoms with Gasteiger partial charge in [0.1, 0.15) is 0 Å². The van der Waals surface area contributed by atoms with Crippen LogP contribution in [0.5, 0.6) is 11.5 Å². The van der Waals surface area contributed by atoms with Gasteiger partial charge in [0.2, 0.25) is 0 Å². The van der Waals surface area contributed by atoms with Crippen LogP contribution in [0.2, 0.25) is 0 Å². The number of anilines is 1. The van der Waals surface area contributed by atoms with Crippen LogP contribution in [0, 0.1) is 17.6 Å². The van der Waals surface area contributed by atoms with Crippen molar-refractivity contribution < 1.29 is 46.1 Å². The Hall–Kier alpha value is -3.61. The van der Waals surface area contributed by atoms with Gasteiger partial charge in [0.15, 0.2) is 23.1 Å². The molecule has 3 N–H and O–H groups in total. The molecule has 2 saturated carbocycles. The van der Waals surface area contributed by atoms with Crippen molar-refractivity contribution in [1.82, 2.24) is 10.2 Å². The molecule has 3 aliphatic rings. The average molecular weight is 600 g/mol. The van der Waals surface area contributed by atoms with E-state index < -0.39 is 29.8 Å². The molecule has 2 amide bonds. The number of benzene rings is 2. The zero-order chi connectivity index (χ0) is 30.7. The molecule has 0 radical (unpaired) electrons. The summed E-state index contributed by atoms with van der Waals surface area (Å²) in [6.07, 6.45) is 1.22. The highest BCUT2D eigenvalue weighted by atomic mass is 19.4. The second kappa shape index (κ2) is 12.7. The lowest BCUT2D eigenvalue weighted by Crippen LogP contribution is -2.53. The molecule has 0 unspecified atom stereocenters. The van der Waals surface area contributed by atoms with Crippen LogP contribution < -0.4 is 20.1 Å². The highest BCUT2D eigenvalue weighted by molar-refractivity contribution is 5.89. The summed E-state index contributed by atoms with van der Waals surface area (Å²) in [4.78, 5) is 24.2. The van der Waals surface area contributed by atoms with Gasteiger partial charge in [0, 0.05) is 35.8 Å². The zero-order valence-electron chi connectivity index (χ0n) is 23.3. The second-order valence-electron chi connectivity index (χ2n) is 10.9. The summed E-state index contributed by atoms with van der Waals surface area (Å²) in [7, 11) is 3.31. The average Bonchev–Trinajstić information content (AvgIpc) is 3.70. The topological polar surface area (TPSA) is 100 Å². The summed E-state index contributed by atoms with van der Waals surface area (Å²) >= 11 is 0. The first-order valence-electron chi connectivity index (χ1n) is 13.7. The molecule has 42 heavy (non-hydrogen) atoms. The number of hydrogen-bond acceptors (Lipinski definition) is 5. The summed E-state index contributed by atoms with van der Waals surface area (Å²) in [6, 6.07) is 9.55. The maximum atomic E-state index is 13.5. The number of alkyl halides is 3. The molecule has 5 rings (SSSR count). The van der Waals surface area contributed by atoms with Gasteiger partial charge in [-0.1, -0.05) is 6.07 Å². The van der Waals surface area contributed by atoms with Crippen LogP contribution in [0.1, 0.15) is 44.1 Å². The van der Waals surface area contributed by atoms with Crippen molar-refractivity contribution in [2.24, 2.45) is 5.92 Å². The minimum absolute atomic E-state index is 0.00151. The highest BCUT2D eigenvalue weighted by Gasteiger charge is 2.52. The van der Waals surface area contributed by atoms with Crippen LogP contribution in [0.4, 0.5) is 32.4 Å². The van der Waals surface area contributed by atoms with Crippen LogP contribution in [0.15, 0.2) is 36.4 Å². The van der Waals surface area contributed by atoms with Gasteiger partial charge < -0.3 is 25.2 Å². The number of carbonyl (C=O) groups is 2. The van der Waals surface area contributed by atoms with E-state index in [1.807, 2.05) is 6.07 Å². The van der Waals surface area contributed by atoms with Gasteiger partial charge in [-0.25, -0.2) is 18.4 Å². The number of hydrogen-bond donors (Lipinski definition) is 3. The molecule has 3 atom stereocenters. The van der Waals surface area contributed by atoms with E-state index in [9.17, 15) is 26.7 Å². The molecular formula is C29H34F5N3O5. The van der Waals surface area contributed by atoms with Gasteiger partial charge in [-0.05, 0) is 80.8 Å². The standard InChI is InChI=1S/C27H33F2N3O3.C2HF3O2/c1-34-23-8-5-18(13-24(23)35-2)27-10-9-20(15-25(27)32(12-11-27)16-17-3-4-17)31-26(33)30-19-6-7-21(28)22(29)14-19;3-2(4,5)1(6)7/h5-8,13-14,17,20,25H,3-4,9-12,15-16H2,1-2H3,(H2,30,31,33);(H,6,7)/t20-,25+,27+;/m1./s1. The van der Waals surface area contributed by atoms with Crippen LogP contribution in [0.25, 0.3) is 0 Å². The summed E-state index contributed by atoms with van der Waals surface area (Å²) in [5.74, 6) is -2.44. The number of ether oxygens (including phenoxy) is 2. The molecule has 2 aliphatic carbocycles. The molecule has 13 heteroatoms. The summed E-state index contributed by atoms with van der Waals surface area (Å²) in [6.45, 7) is 2.15. The predicted octanol–water partition coefficient (Wildman–Crippen LogP) is 5.71. The highest BCUT2D eigenvalue weighted by Crippen LogP contribution is 2.51. The van der Waals surface area contributed by atoms with E-state index in [-0.39, 0.29) is 17.1 Å². The third-order valence-electron chi connectivity index (χ3n) is 8.27. The number of amides is 2. The Kier molecular flexibility index (Phi) is 9.49. The van der Waals surface area contributed by atoms with E-state index in [0.717, 1.165) is 68.3 Å². The molecular weight excluding hydrogens is 565 g/mol. The monoisotopic (exact) mass is 599 g/mol. The third kappa shape index (κ3) is 7.23. The van der Waals surface area contributed by atoms with Crippen LogP contribution in [-0.4, -0.2) is 67.6 Å². The summed E-state index contributed by atoms with van der Waals surface area (Å²) in [5, 5.41) is 12.8. The van der Waals surface area contributed by atoms with Crippen molar-refractivity contribution in [3.05, 3.63) is 53.6 Å². The Morgan fingerprint density at radius 3 is 2.29 bits per heavy atom. The molecule has 0 bridgehead atoms. The molecule has 0 aromatic heterocycles. The van der Waals surface area contributed by atoms with Crippen molar-refractivity contribution in [3.63, 3.8) is 0 Å². The van der Waals surface area contributed by atoms with Crippen LogP contribution in [-0.2, 0) is 10.2 Å². The lowest BCUT2D eigenvalue weighted by molar-refractivity contribution is -0.192. The number of halogens is 5. The van der Waals surface area contributed by atoms with Crippen molar-refractivity contribution in [2.75, 3.05) is 32.6 Å². The number of nitrogens with one attached hydrogen (secondary N) is 2. The van der Waals surface area contributed by atoms with E-state index in [1.54, 1.807) is 14.2 Å². The maximum absolute atomic E-state index is 13.5. The van der Waals surface area contributed by atoms with Crippen LogP contribution >= 0.6 is 0 Å². The minimum Gasteiger partial charge on any atom is -0.493 e. The third-order valence-corrected chi connectivity index (χ3v) is 8.27. The predicted molar refractivity (Wildman–Crippen MR) is 144 cm³/mol. The SMILES string of the molecule is COc1ccc([C@@]23CC[C@@H](NC(=O)Nc4ccc(F)c(F)c4)C[C@@H]2N(CC2CC2)CC3)cc1OC.O=C(O)C(F)(F)F. The van der Waals surface area contributed by atoms with Gasteiger partial charge >= 0.3 is 18.2 Å². The first-order valence-corrected chi connectivity index (χ1v) is 13.7. The van der Waals surface area contributed by atoms with Crippen molar-refractivity contribution >= 4 is 17.7 Å². The largest absolute Gasteiger partial charge is 0.493 e. The second-order valence-corrected chi connectivity index (χ2v) is 10.9. The fraction of sp³-hybridized carbons (Fsp3) is 0.517. The van der Waals surface area contributed by atoms with Crippen LogP contribution in [0.3, 0.4) is 0 Å². The number of fused-ring (bicyclic) bond motifs is 1. The number of likely N-dealkylation sites (tertiary alicyclic amines) is 1. The summed E-state index contributed by atoms with van der Waals surface area (Å²) in [5.41, 5.74) is 1.50. The Bertz CT molecular complexity index is 1290. The van der Waals surface area contributed by atoms with Gasteiger partial charge in [0.25, 0.3) is 0 Å². The Morgan fingerprint density at radius 1 is 1.00 bits per heavy atom. The number of carboxylic acids is 1. The first-order chi connectivity index (χ1) is 19.9. The van der Waals surface area contributed by atoms with Crippen molar-refractivity contribution in [2.45, 2.75) is 62.2 Å². The number of carboxylic acid groups (broad SMARTS) is 1. The molecule has 230 valence electrons. The normalized spacial score (nSPS) is 23.7. The fourth-order valence-electron chi connectivity index (χ4n) is 6.04.